The van der Waals surface area contributed by atoms with Crippen LogP contribution in [0.2, 0.25) is 0 Å². The Labute approximate surface area is 140 Å². The van der Waals surface area contributed by atoms with Crippen LogP contribution in [0.25, 0.3) is 0 Å². The zero-order chi connectivity index (χ0) is 16.7. The monoisotopic (exact) mass is 385 g/mol. The molecular formula is C16H14BrF2NO3. The lowest BCUT2D eigenvalue weighted by atomic mass is 10.3. The summed E-state index contributed by atoms with van der Waals surface area (Å²) in [7, 11) is 0. The summed E-state index contributed by atoms with van der Waals surface area (Å²) in [6.45, 7) is -2.64. The molecule has 0 aliphatic carbocycles. The van der Waals surface area contributed by atoms with E-state index in [9.17, 15) is 13.6 Å². The van der Waals surface area contributed by atoms with Crippen LogP contribution in [0.15, 0.2) is 53.0 Å². The largest absolute Gasteiger partial charge is 0.493 e. The van der Waals surface area contributed by atoms with Crippen LogP contribution in [0.3, 0.4) is 0 Å². The molecule has 7 heteroatoms. The van der Waals surface area contributed by atoms with Gasteiger partial charge in [0.25, 0.3) is 0 Å². The van der Waals surface area contributed by atoms with Crippen LogP contribution in [-0.4, -0.2) is 19.1 Å². The number of carbonyl (C=O) groups excluding carboxylic acids is 1. The van der Waals surface area contributed by atoms with E-state index in [0.29, 0.717) is 11.4 Å². The first-order chi connectivity index (χ1) is 11.0. The van der Waals surface area contributed by atoms with Gasteiger partial charge in [-0.1, -0.05) is 22.0 Å². The summed E-state index contributed by atoms with van der Waals surface area (Å²) in [6.07, 6.45) is 0.168. The van der Waals surface area contributed by atoms with E-state index in [1.807, 2.05) is 12.1 Å². The highest BCUT2D eigenvalue weighted by molar-refractivity contribution is 9.10. The van der Waals surface area contributed by atoms with Gasteiger partial charge in [-0.05, 0) is 42.5 Å². The van der Waals surface area contributed by atoms with Crippen LogP contribution in [0.4, 0.5) is 14.5 Å². The molecule has 23 heavy (non-hydrogen) atoms. The van der Waals surface area contributed by atoms with Crippen molar-refractivity contribution in [3.63, 3.8) is 0 Å². The predicted molar refractivity (Wildman–Crippen MR) is 86.0 cm³/mol. The Bertz CT molecular complexity index is 650. The number of halogens is 3. The Morgan fingerprint density at radius 1 is 1.13 bits per heavy atom. The number of hydrogen-bond acceptors (Lipinski definition) is 3. The molecule has 0 spiro atoms. The number of hydrogen-bond donors (Lipinski definition) is 1. The van der Waals surface area contributed by atoms with Gasteiger partial charge in [-0.15, -0.1) is 0 Å². The molecule has 2 aromatic rings. The summed E-state index contributed by atoms with van der Waals surface area (Å²) in [5.41, 5.74) is 0.499. The lowest BCUT2D eigenvalue weighted by Crippen LogP contribution is -2.15. The zero-order valence-corrected chi connectivity index (χ0v) is 13.6. The first-order valence-corrected chi connectivity index (χ1v) is 7.55. The molecule has 0 saturated heterocycles. The minimum atomic E-state index is -2.87. The van der Waals surface area contributed by atoms with Gasteiger partial charge in [-0.3, -0.25) is 4.79 Å². The molecule has 0 radical (unpaired) electrons. The molecule has 0 unspecified atom stereocenters. The van der Waals surface area contributed by atoms with Gasteiger partial charge in [0.05, 0.1) is 13.0 Å². The summed E-state index contributed by atoms with van der Waals surface area (Å²) in [4.78, 5) is 11.8. The molecule has 0 fully saturated rings. The highest BCUT2D eigenvalue weighted by Crippen LogP contribution is 2.19. The molecule has 4 nitrogen and oxygen atoms in total. The Hall–Kier alpha value is -2.15. The minimum absolute atomic E-state index is 0.0380. The number of rotatable bonds is 7. The van der Waals surface area contributed by atoms with Crippen molar-refractivity contribution in [1.82, 2.24) is 0 Å². The van der Waals surface area contributed by atoms with Crippen molar-refractivity contribution in [2.75, 3.05) is 11.9 Å². The number of amides is 1. The molecule has 1 N–H and O–H groups in total. The maximum absolute atomic E-state index is 12.0. The Morgan fingerprint density at radius 3 is 2.52 bits per heavy atom. The fourth-order valence-corrected chi connectivity index (χ4v) is 2.14. The van der Waals surface area contributed by atoms with Crippen molar-refractivity contribution < 1.29 is 23.0 Å². The third kappa shape index (κ3) is 6.23. The van der Waals surface area contributed by atoms with Crippen molar-refractivity contribution in [1.29, 1.82) is 0 Å². The summed E-state index contributed by atoms with van der Waals surface area (Å²) in [5, 5.41) is 2.65. The number of alkyl halides is 2. The van der Waals surface area contributed by atoms with Crippen molar-refractivity contribution >= 4 is 27.5 Å². The van der Waals surface area contributed by atoms with Crippen LogP contribution in [0, 0.1) is 0 Å². The first kappa shape index (κ1) is 17.2. The summed E-state index contributed by atoms with van der Waals surface area (Å²) >= 11 is 3.33. The topological polar surface area (TPSA) is 47.6 Å². The molecule has 0 aliphatic rings. The highest BCUT2D eigenvalue weighted by Gasteiger charge is 2.06. The normalized spacial score (nSPS) is 10.4. The number of nitrogens with one attached hydrogen (secondary N) is 1. The Morgan fingerprint density at radius 2 is 1.87 bits per heavy atom. The maximum Gasteiger partial charge on any atom is 0.387 e. The van der Waals surface area contributed by atoms with Gasteiger partial charge < -0.3 is 14.8 Å². The molecule has 2 rings (SSSR count). The predicted octanol–water partition coefficient (Wildman–Crippen LogP) is 4.46. The van der Waals surface area contributed by atoms with Crippen LogP contribution < -0.4 is 14.8 Å². The van der Waals surface area contributed by atoms with E-state index in [0.717, 1.165) is 4.47 Å². The average molecular weight is 386 g/mol. The van der Waals surface area contributed by atoms with Crippen molar-refractivity contribution in [3.8, 4) is 11.5 Å². The van der Waals surface area contributed by atoms with Crippen molar-refractivity contribution in [2.24, 2.45) is 0 Å². The fraction of sp³-hybridized carbons (Fsp3) is 0.188. The van der Waals surface area contributed by atoms with E-state index in [-0.39, 0.29) is 24.7 Å². The van der Waals surface area contributed by atoms with Gasteiger partial charge in [-0.25, -0.2) is 0 Å². The second-order valence-corrected chi connectivity index (χ2v) is 5.42. The molecule has 0 aliphatic heterocycles. The summed E-state index contributed by atoms with van der Waals surface area (Å²) < 4.78 is 34.6. The van der Waals surface area contributed by atoms with E-state index in [4.69, 9.17) is 4.74 Å². The van der Waals surface area contributed by atoms with Crippen LogP contribution >= 0.6 is 15.9 Å². The van der Waals surface area contributed by atoms with Gasteiger partial charge in [0, 0.05) is 10.2 Å². The maximum atomic E-state index is 12.0. The first-order valence-electron chi connectivity index (χ1n) is 6.76. The molecule has 0 heterocycles. The van der Waals surface area contributed by atoms with E-state index < -0.39 is 6.61 Å². The minimum Gasteiger partial charge on any atom is -0.493 e. The lowest BCUT2D eigenvalue weighted by Gasteiger charge is -2.09. The molecule has 122 valence electrons. The van der Waals surface area contributed by atoms with E-state index in [1.54, 1.807) is 12.1 Å². The van der Waals surface area contributed by atoms with E-state index in [2.05, 4.69) is 26.0 Å². The summed E-state index contributed by atoms with van der Waals surface area (Å²) in [6, 6.07) is 13.0. The van der Waals surface area contributed by atoms with E-state index >= 15 is 0 Å². The second kappa shape index (κ2) is 8.47. The summed E-state index contributed by atoms with van der Waals surface area (Å²) in [5.74, 6) is 0.471. The highest BCUT2D eigenvalue weighted by atomic mass is 79.9. The quantitative estimate of drug-likeness (QED) is 0.765. The second-order valence-electron chi connectivity index (χ2n) is 4.51. The molecule has 0 bridgehead atoms. The Kier molecular flexibility index (Phi) is 6.34. The van der Waals surface area contributed by atoms with Gasteiger partial charge in [-0.2, -0.15) is 8.78 Å². The van der Waals surface area contributed by atoms with Crippen LogP contribution in [0.5, 0.6) is 11.5 Å². The van der Waals surface area contributed by atoms with Crippen LogP contribution in [0.1, 0.15) is 6.42 Å². The zero-order valence-electron chi connectivity index (χ0n) is 12.0. The third-order valence-corrected chi connectivity index (χ3v) is 3.25. The molecule has 0 aromatic heterocycles. The lowest BCUT2D eigenvalue weighted by molar-refractivity contribution is -0.116. The number of benzene rings is 2. The number of carbonyl (C=O) groups is 1. The number of ether oxygens (including phenoxy) is 2. The SMILES string of the molecule is O=C(CCOc1cccc(Br)c1)Nc1ccc(OC(F)F)cc1. The molecule has 1 amide bonds. The van der Waals surface area contributed by atoms with Gasteiger partial charge >= 0.3 is 6.61 Å². The van der Waals surface area contributed by atoms with E-state index in [1.165, 1.54) is 24.3 Å². The standard InChI is InChI=1S/C16H14BrF2NO3/c17-11-2-1-3-14(10-11)22-9-8-15(21)20-12-4-6-13(7-5-12)23-16(18)19/h1-7,10,16H,8-9H2,(H,20,21). The average Bonchev–Trinajstić information content (AvgIpc) is 2.49. The van der Waals surface area contributed by atoms with Crippen molar-refractivity contribution in [2.45, 2.75) is 13.0 Å². The van der Waals surface area contributed by atoms with Gasteiger partial charge in [0.2, 0.25) is 5.91 Å². The fourth-order valence-electron chi connectivity index (χ4n) is 1.76. The molecule has 0 saturated carbocycles. The van der Waals surface area contributed by atoms with Gasteiger partial charge in [0.1, 0.15) is 11.5 Å². The number of anilines is 1. The van der Waals surface area contributed by atoms with Crippen molar-refractivity contribution in [3.05, 3.63) is 53.0 Å². The smallest absolute Gasteiger partial charge is 0.387 e. The third-order valence-electron chi connectivity index (χ3n) is 2.76. The van der Waals surface area contributed by atoms with Crippen LogP contribution in [-0.2, 0) is 4.79 Å². The Balaban J connectivity index is 1.76. The molecular weight excluding hydrogens is 372 g/mol. The molecule has 0 atom stereocenters. The molecule has 2 aromatic carbocycles. The van der Waals surface area contributed by atoms with Gasteiger partial charge in [0.15, 0.2) is 0 Å².